The molecule has 1 aromatic carbocycles. The highest BCUT2D eigenvalue weighted by Crippen LogP contribution is 2.06. The molecule has 10 heteroatoms. The van der Waals surface area contributed by atoms with Gasteiger partial charge in [0.15, 0.2) is 6.61 Å². The van der Waals surface area contributed by atoms with Gasteiger partial charge in [-0.15, -0.1) is 0 Å². The number of rotatable bonds is 9. The third-order valence-electron chi connectivity index (χ3n) is 2.97. The number of carbonyl (C=O) groups excluding carboxylic acids is 3. The van der Waals surface area contributed by atoms with E-state index in [0.29, 0.717) is 0 Å². The first-order chi connectivity index (χ1) is 11.7. The number of nitrogens with zero attached hydrogens (tertiary/aromatic N) is 1. The maximum atomic E-state index is 11.9. The van der Waals surface area contributed by atoms with E-state index in [-0.39, 0.29) is 30.3 Å². The summed E-state index contributed by atoms with van der Waals surface area (Å²) < 4.78 is 30.8. The molecular formula is C15H21N3O6S. The van der Waals surface area contributed by atoms with Gasteiger partial charge in [-0.25, -0.2) is 13.1 Å². The van der Waals surface area contributed by atoms with Crippen molar-refractivity contribution in [2.75, 3.05) is 33.8 Å². The second-order valence-corrected chi connectivity index (χ2v) is 6.95. The van der Waals surface area contributed by atoms with E-state index in [9.17, 15) is 22.8 Å². The molecule has 138 valence electrons. The second-order valence-electron chi connectivity index (χ2n) is 5.19. The second kappa shape index (κ2) is 9.74. The summed E-state index contributed by atoms with van der Waals surface area (Å²) in [6.07, 6.45) is -0.226. The SMILES string of the molecule is CN(C)C(=O)CNC(=O)COC(=O)CCNS(=O)(=O)c1ccccc1. The number of esters is 1. The lowest BCUT2D eigenvalue weighted by atomic mass is 10.4. The number of hydrogen-bond donors (Lipinski definition) is 2. The third kappa shape index (κ3) is 7.77. The summed E-state index contributed by atoms with van der Waals surface area (Å²) in [7, 11) is -0.599. The molecule has 0 spiro atoms. The van der Waals surface area contributed by atoms with Gasteiger partial charge in [-0.2, -0.15) is 0 Å². The van der Waals surface area contributed by atoms with E-state index in [1.165, 1.54) is 17.0 Å². The van der Waals surface area contributed by atoms with Crippen LogP contribution in [-0.4, -0.2) is 64.9 Å². The molecule has 0 aromatic heterocycles. The first-order valence-corrected chi connectivity index (χ1v) is 8.88. The van der Waals surface area contributed by atoms with Crippen LogP contribution in [0.15, 0.2) is 35.2 Å². The number of nitrogens with one attached hydrogen (secondary N) is 2. The fourth-order valence-corrected chi connectivity index (χ4v) is 2.62. The van der Waals surface area contributed by atoms with Crippen LogP contribution in [0.1, 0.15) is 6.42 Å². The molecule has 2 amide bonds. The van der Waals surface area contributed by atoms with Gasteiger partial charge >= 0.3 is 5.97 Å². The standard InChI is InChI=1S/C15H21N3O6S/c1-18(2)14(20)10-16-13(19)11-24-15(21)8-9-17-25(22,23)12-6-4-3-5-7-12/h3-7,17H,8-11H2,1-2H3,(H,16,19). The molecule has 25 heavy (non-hydrogen) atoms. The van der Waals surface area contributed by atoms with E-state index in [0.717, 1.165) is 0 Å². The monoisotopic (exact) mass is 371 g/mol. The maximum absolute atomic E-state index is 11.9. The Hall–Kier alpha value is -2.46. The van der Waals surface area contributed by atoms with E-state index >= 15 is 0 Å². The molecule has 0 unspecified atom stereocenters. The molecule has 0 aliphatic carbocycles. The van der Waals surface area contributed by atoms with Crippen LogP contribution in [0.25, 0.3) is 0 Å². The van der Waals surface area contributed by atoms with Crippen LogP contribution in [0.2, 0.25) is 0 Å². The maximum Gasteiger partial charge on any atom is 0.307 e. The molecule has 2 N–H and O–H groups in total. The summed E-state index contributed by atoms with van der Waals surface area (Å²) in [5, 5.41) is 2.30. The van der Waals surface area contributed by atoms with Crippen molar-refractivity contribution in [1.29, 1.82) is 0 Å². The lowest BCUT2D eigenvalue weighted by Crippen LogP contribution is -2.38. The van der Waals surface area contributed by atoms with Gasteiger partial charge in [-0.1, -0.05) is 18.2 Å². The predicted molar refractivity (Wildman–Crippen MR) is 88.9 cm³/mol. The summed E-state index contributed by atoms with van der Waals surface area (Å²) in [6.45, 7) is -0.887. The van der Waals surface area contributed by atoms with Crippen LogP contribution in [-0.2, 0) is 29.1 Å². The van der Waals surface area contributed by atoms with Crippen LogP contribution in [0.5, 0.6) is 0 Å². The van der Waals surface area contributed by atoms with Crippen molar-refractivity contribution >= 4 is 27.8 Å². The van der Waals surface area contributed by atoms with Gasteiger partial charge < -0.3 is 15.0 Å². The highest BCUT2D eigenvalue weighted by Gasteiger charge is 2.14. The third-order valence-corrected chi connectivity index (χ3v) is 4.45. The van der Waals surface area contributed by atoms with Gasteiger partial charge in [0.1, 0.15) is 0 Å². The molecule has 0 atom stereocenters. The molecule has 9 nitrogen and oxygen atoms in total. The van der Waals surface area contributed by atoms with Crippen molar-refractivity contribution < 1.29 is 27.5 Å². The van der Waals surface area contributed by atoms with Crippen LogP contribution in [0.3, 0.4) is 0 Å². The average Bonchev–Trinajstić information content (AvgIpc) is 2.58. The summed E-state index contributed by atoms with van der Waals surface area (Å²) in [6, 6.07) is 7.72. The number of ether oxygens (including phenoxy) is 1. The van der Waals surface area contributed by atoms with Crippen molar-refractivity contribution in [1.82, 2.24) is 14.9 Å². The molecule has 0 radical (unpaired) electrons. The topological polar surface area (TPSA) is 122 Å². The van der Waals surface area contributed by atoms with Gasteiger partial charge in [-0.05, 0) is 12.1 Å². The Balaban J connectivity index is 2.27. The van der Waals surface area contributed by atoms with Gasteiger partial charge in [0.2, 0.25) is 15.9 Å². The zero-order valence-electron chi connectivity index (χ0n) is 14.0. The van der Waals surface area contributed by atoms with E-state index in [1.54, 1.807) is 32.3 Å². The Morgan fingerprint density at radius 1 is 1.12 bits per heavy atom. The van der Waals surface area contributed by atoms with Gasteiger partial charge in [0.05, 0.1) is 17.9 Å². The number of carbonyl (C=O) groups is 3. The first-order valence-electron chi connectivity index (χ1n) is 7.39. The van der Waals surface area contributed by atoms with Gasteiger partial charge in [-0.3, -0.25) is 14.4 Å². The van der Waals surface area contributed by atoms with Crippen LogP contribution in [0.4, 0.5) is 0 Å². The lowest BCUT2D eigenvalue weighted by Gasteiger charge is -2.11. The van der Waals surface area contributed by atoms with Crippen LogP contribution in [0, 0.1) is 0 Å². The minimum absolute atomic E-state index is 0.0910. The van der Waals surface area contributed by atoms with E-state index in [2.05, 4.69) is 10.0 Å². The Morgan fingerprint density at radius 3 is 2.36 bits per heavy atom. The quantitative estimate of drug-likeness (QED) is 0.543. The predicted octanol–water partition coefficient (Wildman–Crippen LogP) is -0.897. The fraction of sp³-hybridized carbons (Fsp3) is 0.400. The summed E-state index contributed by atoms with van der Waals surface area (Å²) >= 11 is 0. The number of benzene rings is 1. The Kier molecular flexibility index (Phi) is 8.02. The molecule has 0 saturated carbocycles. The van der Waals surface area contributed by atoms with E-state index in [1.807, 2.05) is 0 Å². The molecule has 0 heterocycles. The molecule has 1 aromatic rings. The number of sulfonamides is 1. The van der Waals surface area contributed by atoms with Crippen LogP contribution >= 0.6 is 0 Å². The lowest BCUT2D eigenvalue weighted by molar-refractivity contribution is -0.148. The Labute approximate surface area is 146 Å². The summed E-state index contributed by atoms with van der Waals surface area (Å²) in [5.41, 5.74) is 0. The molecule has 1 rings (SSSR count). The van der Waals surface area contributed by atoms with Gasteiger partial charge in [0, 0.05) is 20.6 Å². The minimum Gasteiger partial charge on any atom is -0.456 e. The molecule has 0 bridgehead atoms. The van der Waals surface area contributed by atoms with Crippen LogP contribution < -0.4 is 10.0 Å². The molecule has 0 fully saturated rings. The first kappa shape index (κ1) is 20.6. The molecule has 0 aliphatic heterocycles. The highest BCUT2D eigenvalue weighted by atomic mass is 32.2. The largest absolute Gasteiger partial charge is 0.456 e. The smallest absolute Gasteiger partial charge is 0.307 e. The summed E-state index contributed by atoms with van der Waals surface area (Å²) in [5.74, 6) is -1.65. The van der Waals surface area contributed by atoms with Crippen molar-refractivity contribution in [3.63, 3.8) is 0 Å². The Bertz CT molecular complexity index is 703. The zero-order valence-corrected chi connectivity index (χ0v) is 14.8. The fourth-order valence-electron chi connectivity index (χ4n) is 1.57. The highest BCUT2D eigenvalue weighted by molar-refractivity contribution is 7.89. The number of likely N-dealkylation sites (N-methyl/N-ethyl adjacent to an activating group) is 1. The number of hydrogen-bond acceptors (Lipinski definition) is 6. The average molecular weight is 371 g/mol. The van der Waals surface area contributed by atoms with Crippen molar-refractivity contribution in [2.24, 2.45) is 0 Å². The molecular weight excluding hydrogens is 350 g/mol. The van der Waals surface area contributed by atoms with E-state index in [4.69, 9.17) is 4.74 Å². The van der Waals surface area contributed by atoms with Crippen molar-refractivity contribution in [3.8, 4) is 0 Å². The van der Waals surface area contributed by atoms with Crippen molar-refractivity contribution in [2.45, 2.75) is 11.3 Å². The van der Waals surface area contributed by atoms with Crippen molar-refractivity contribution in [3.05, 3.63) is 30.3 Å². The van der Waals surface area contributed by atoms with Gasteiger partial charge in [0.25, 0.3) is 5.91 Å². The molecule has 0 aliphatic rings. The summed E-state index contributed by atoms with van der Waals surface area (Å²) in [4.78, 5) is 35.6. The minimum atomic E-state index is -3.69. The normalized spacial score (nSPS) is 10.8. The Morgan fingerprint density at radius 2 is 1.76 bits per heavy atom. The molecule has 0 saturated heterocycles. The van der Waals surface area contributed by atoms with E-state index < -0.39 is 28.5 Å². The number of amides is 2. The zero-order chi connectivity index (χ0) is 18.9.